The number of hydrogen-bond acceptors (Lipinski definition) is 3. The molecule has 0 bridgehead atoms. The van der Waals surface area contributed by atoms with Gasteiger partial charge in [-0.15, -0.1) is 11.3 Å². The first-order chi connectivity index (χ1) is 8.40. The quantitative estimate of drug-likeness (QED) is 0.825. The van der Waals surface area contributed by atoms with E-state index < -0.39 is 0 Å². The zero-order valence-electron chi connectivity index (χ0n) is 10.7. The van der Waals surface area contributed by atoms with Gasteiger partial charge in [-0.05, 0) is 61.1 Å². The summed E-state index contributed by atoms with van der Waals surface area (Å²) in [5, 5.41) is 5.92. The summed E-state index contributed by atoms with van der Waals surface area (Å²) in [6.45, 7) is 3.39. The van der Waals surface area contributed by atoms with Gasteiger partial charge in [0, 0.05) is 10.9 Å². The monoisotopic (exact) mass is 269 g/mol. The third kappa shape index (κ3) is 4.31. The van der Waals surface area contributed by atoms with Crippen molar-refractivity contribution in [2.45, 2.75) is 38.6 Å². The van der Waals surface area contributed by atoms with Gasteiger partial charge in [0.2, 0.25) is 0 Å². The molecule has 1 aliphatic rings. The first kappa shape index (κ1) is 13.4. The number of nitrogens with one attached hydrogen (secondary N) is 1. The third-order valence-electron chi connectivity index (χ3n) is 3.44. The van der Waals surface area contributed by atoms with Gasteiger partial charge >= 0.3 is 0 Å². The molecular weight excluding hydrogens is 246 g/mol. The van der Waals surface area contributed by atoms with Crippen molar-refractivity contribution in [2.75, 3.05) is 18.1 Å². The molecule has 1 N–H and O–H groups in total. The van der Waals surface area contributed by atoms with Crippen molar-refractivity contribution < 1.29 is 0 Å². The Morgan fingerprint density at radius 3 is 2.88 bits per heavy atom. The summed E-state index contributed by atoms with van der Waals surface area (Å²) in [6, 6.07) is 5.07. The number of thioether (sulfide) groups is 1. The van der Waals surface area contributed by atoms with E-state index in [1.54, 1.807) is 0 Å². The molecule has 0 aromatic carbocycles. The second-order valence-electron chi connectivity index (χ2n) is 4.81. The molecule has 3 heteroatoms. The topological polar surface area (TPSA) is 12.0 Å². The van der Waals surface area contributed by atoms with Crippen LogP contribution in [0.4, 0.5) is 0 Å². The lowest BCUT2D eigenvalue weighted by Crippen LogP contribution is -2.25. The fourth-order valence-electron chi connectivity index (χ4n) is 2.42. The van der Waals surface area contributed by atoms with Crippen molar-refractivity contribution in [1.29, 1.82) is 0 Å². The largest absolute Gasteiger partial charge is 0.309 e. The highest BCUT2D eigenvalue weighted by Gasteiger charge is 2.20. The van der Waals surface area contributed by atoms with Crippen LogP contribution >= 0.6 is 23.1 Å². The van der Waals surface area contributed by atoms with Gasteiger partial charge in [-0.2, -0.15) is 11.8 Å². The summed E-state index contributed by atoms with van der Waals surface area (Å²) in [5.41, 5.74) is 0. The maximum absolute atomic E-state index is 3.72. The standard InChI is InChI=1S/C14H23NS2/c1-2-7-15-13(14-4-3-8-17-14)11-12-5-9-16-10-6-12/h3-4,8,12-13,15H,2,5-7,9-11H2,1H3. The van der Waals surface area contributed by atoms with Crippen molar-refractivity contribution in [1.82, 2.24) is 5.32 Å². The van der Waals surface area contributed by atoms with Crippen molar-refractivity contribution in [3.63, 3.8) is 0 Å². The normalized spacial score (nSPS) is 19.4. The molecule has 1 saturated heterocycles. The van der Waals surface area contributed by atoms with Gasteiger partial charge in [0.05, 0.1) is 0 Å². The molecule has 0 saturated carbocycles. The summed E-state index contributed by atoms with van der Waals surface area (Å²) in [6.07, 6.45) is 5.39. The Morgan fingerprint density at radius 1 is 1.41 bits per heavy atom. The van der Waals surface area contributed by atoms with Crippen molar-refractivity contribution in [3.8, 4) is 0 Å². The molecule has 1 nitrogen and oxygen atoms in total. The smallest absolute Gasteiger partial charge is 0.0417 e. The second-order valence-corrected chi connectivity index (χ2v) is 7.02. The molecule has 2 rings (SSSR count). The highest BCUT2D eigenvalue weighted by molar-refractivity contribution is 7.99. The minimum absolute atomic E-state index is 0.600. The van der Waals surface area contributed by atoms with Crippen LogP contribution in [0.25, 0.3) is 0 Å². The van der Waals surface area contributed by atoms with Crippen LogP contribution in [0, 0.1) is 5.92 Å². The molecule has 2 heterocycles. The van der Waals surface area contributed by atoms with Crippen molar-refractivity contribution in [2.24, 2.45) is 5.92 Å². The van der Waals surface area contributed by atoms with Gasteiger partial charge in [0.15, 0.2) is 0 Å². The lowest BCUT2D eigenvalue weighted by molar-refractivity contribution is 0.373. The van der Waals surface area contributed by atoms with Crippen LogP contribution in [0.15, 0.2) is 17.5 Å². The van der Waals surface area contributed by atoms with E-state index in [0.717, 1.165) is 12.5 Å². The molecule has 1 aromatic rings. The molecule has 0 radical (unpaired) electrons. The summed E-state index contributed by atoms with van der Waals surface area (Å²) in [4.78, 5) is 1.52. The van der Waals surface area contributed by atoms with Crippen molar-refractivity contribution >= 4 is 23.1 Å². The van der Waals surface area contributed by atoms with E-state index in [9.17, 15) is 0 Å². The summed E-state index contributed by atoms with van der Waals surface area (Å²) < 4.78 is 0. The molecule has 0 spiro atoms. The fourth-order valence-corrected chi connectivity index (χ4v) is 4.44. The summed E-state index contributed by atoms with van der Waals surface area (Å²) in [5.74, 6) is 3.68. The van der Waals surface area contributed by atoms with E-state index in [1.165, 1.54) is 42.1 Å². The van der Waals surface area contributed by atoms with Gasteiger partial charge in [0.25, 0.3) is 0 Å². The molecule has 1 aliphatic heterocycles. The highest BCUT2D eigenvalue weighted by atomic mass is 32.2. The average Bonchev–Trinajstić information content (AvgIpc) is 2.89. The number of hydrogen-bond donors (Lipinski definition) is 1. The molecule has 17 heavy (non-hydrogen) atoms. The molecule has 1 unspecified atom stereocenters. The zero-order valence-corrected chi connectivity index (χ0v) is 12.3. The lowest BCUT2D eigenvalue weighted by atomic mass is 9.93. The molecule has 96 valence electrons. The summed E-state index contributed by atoms with van der Waals surface area (Å²) in [7, 11) is 0. The van der Waals surface area contributed by atoms with E-state index in [1.807, 2.05) is 11.3 Å². The van der Waals surface area contributed by atoms with Crippen LogP contribution in [-0.4, -0.2) is 18.1 Å². The van der Waals surface area contributed by atoms with E-state index in [2.05, 4.69) is 41.5 Å². The average molecular weight is 269 g/mol. The Labute approximate surface area is 113 Å². The predicted octanol–water partition coefficient (Wildman–Crippen LogP) is 4.32. The Morgan fingerprint density at radius 2 is 2.24 bits per heavy atom. The third-order valence-corrected chi connectivity index (χ3v) is 5.47. The molecule has 1 atom stereocenters. The van der Waals surface area contributed by atoms with Gasteiger partial charge < -0.3 is 5.32 Å². The minimum Gasteiger partial charge on any atom is -0.309 e. The minimum atomic E-state index is 0.600. The van der Waals surface area contributed by atoms with E-state index >= 15 is 0 Å². The van der Waals surface area contributed by atoms with Gasteiger partial charge in [-0.25, -0.2) is 0 Å². The first-order valence-electron chi connectivity index (χ1n) is 6.74. The van der Waals surface area contributed by atoms with Crippen LogP contribution in [0.1, 0.15) is 43.5 Å². The Balaban J connectivity index is 1.90. The van der Waals surface area contributed by atoms with Crippen LogP contribution in [-0.2, 0) is 0 Å². The SMILES string of the molecule is CCCNC(CC1CCSCC1)c1cccs1. The Hall–Kier alpha value is 0.01000. The molecule has 1 aromatic heterocycles. The van der Waals surface area contributed by atoms with Crippen LogP contribution in [0.3, 0.4) is 0 Å². The maximum Gasteiger partial charge on any atom is 0.0417 e. The zero-order chi connectivity index (χ0) is 11.9. The predicted molar refractivity (Wildman–Crippen MR) is 80.0 cm³/mol. The first-order valence-corrected chi connectivity index (χ1v) is 8.78. The Bertz CT molecular complexity index is 291. The molecular formula is C14H23NS2. The lowest BCUT2D eigenvalue weighted by Gasteiger charge is -2.26. The van der Waals surface area contributed by atoms with Crippen LogP contribution in [0.5, 0.6) is 0 Å². The Kier molecular flexibility index (Phi) is 5.89. The van der Waals surface area contributed by atoms with Crippen LogP contribution in [0.2, 0.25) is 0 Å². The maximum atomic E-state index is 3.72. The second kappa shape index (κ2) is 7.45. The molecule has 0 amide bonds. The van der Waals surface area contributed by atoms with Gasteiger partial charge in [-0.1, -0.05) is 13.0 Å². The van der Waals surface area contributed by atoms with Gasteiger partial charge in [0.1, 0.15) is 0 Å². The van der Waals surface area contributed by atoms with Crippen LogP contribution < -0.4 is 5.32 Å². The fraction of sp³-hybridized carbons (Fsp3) is 0.714. The highest BCUT2D eigenvalue weighted by Crippen LogP contribution is 2.32. The van der Waals surface area contributed by atoms with E-state index in [0.29, 0.717) is 6.04 Å². The van der Waals surface area contributed by atoms with Gasteiger partial charge in [-0.3, -0.25) is 0 Å². The number of rotatable bonds is 6. The van der Waals surface area contributed by atoms with E-state index in [4.69, 9.17) is 0 Å². The molecule has 0 aliphatic carbocycles. The van der Waals surface area contributed by atoms with Crippen molar-refractivity contribution in [3.05, 3.63) is 22.4 Å². The number of thiophene rings is 1. The molecule has 1 fully saturated rings. The van der Waals surface area contributed by atoms with E-state index in [-0.39, 0.29) is 0 Å². The summed E-state index contributed by atoms with van der Waals surface area (Å²) >= 11 is 4.03.